The van der Waals surface area contributed by atoms with Crippen LogP contribution in [-0.4, -0.2) is 17.8 Å². The van der Waals surface area contributed by atoms with Crippen molar-refractivity contribution in [1.82, 2.24) is 5.32 Å². The lowest BCUT2D eigenvalue weighted by Crippen LogP contribution is -2.43. The van der Waals surface area contributed by atoms with Crippen molar-refractivity contribution >= 4 is 12.1 Å². The Hall–Kier alpha value is -0.860. The maximum absolute atomic E-state index is 10.8. The van der Waals surface area contributed by atoms with Crippen LogP contribution in [0.5, 0.6) is 0 Å². The fourth-order valence-corrected chi connectivity index (χ4v) is 2.42. The predicted molar refractivity (Wildman–Crippen MR) is 67.6 cm³/mol. The van der Waals surface area contributed by atoms with Crippen LogP contribution in [0.1, 0.15) is 65.2 Å². The number of carbonyl (C=O) groups is 1. The van der Waals surface area contributed by atoms with Crippen LogP contribution in [0.25, 0.3) is 0 Å². The molecular formula is C13H24N2O. The van der Waals surface area contributed by atoms with Gasteiger partial charge in [-0.1, -0.05) is 26.7 Å². The van der Waals surface area contributed by atoms with E-state index in [2.05, 4.69) is 19.2 Å². The van der Waals surface area contributed by atoms with Crippen LogP contribution in [0.15, 0.2) is 4.99 Å². The highest BCUT2D eigenvalue weighted by atomic mass is 16.1. The Kier molecular flexibility index (Phi) is 5.50. The number of hydrogen-bond donors (Lipinski definition) is 1. The Morgan fingerprint density at radius 3 is 2.19 bits per heavy atom. The Morgan fingerprint density at radius 1 is 1.19 bits per heavy atom. The molecule has 0 aromatic heterocycles. The minimum atomic E-state index is -0.292. The number of hydrogen-bond acceptors (Lipinski definition) is 2. The molecule has 1 N–H and O–H groups in total. The van der Waals surface area contributed by atoms with Crippen LogP contribution < -0.4 is 5.32 Å². The lowest BCUT2D eigenvalue weighted by atomic mass is 10.0. The molecule has 3 heteroatoms. The quantitative estimate of drug-likeness (QED) is 0.435. The molecule has 0 heterocycles. The van der Waals surface area contributed by atoms with Gasteiger partial charge in [0, 0.05) is 5.71 Å². The summed E-state index contributed by atoms with van der Waals surface area (Å²) in [6, 6.07) is 0. The molecule has 92 valence electrons. The molecule has 1 rings (SSSR count). The second kappa shape index (κ2) is 6.66. The van der Waals surface area contributed by atoms with E-state index in [-0.39, 0.29) is 5.66 Å². The molecule has 3 nitrogen and oxygen atoms in total. The molecule has 0 aliphatic heterocycles. The molecule has 0 bridgehead atoms. The molecule has 0 atom stereocenters. The molecule has 0 saturated heterocycles. The Balaban J connectivity index is 2.84. The summed E-state index contributed by atoms with van der Waals surface area (Å²) in [5.74, 6) is 0. The van der Waals surface area contributed by atoms with E-state index >= 15 is 0 Å². The van der Waals surface area contributed by atoms with Crippen molar-refractivity contribution in [2.75, 3.05) is 0 Å². The van der Waals surface area contributed by atoms with Crippen molar-refractivity contribution in [3.8, 4) is 0 Å². The first kappa shape index (κ1) is 13.2. The van der Waals surface area contributed by atoms with E-state index in [1.54, 1.807) is 0 Å². The topological polar surface area (TPSA) is 41.5 Å². The third-order valence-electron chi connectivity index (χ3n) is 3.45. The average Bonchev–Trinajstić information content (AvgIpc) is 2.53. The van der Waals surface area contributed by atoms with Gasteiger partial charge < -0.3 is 5.32 Å². The van der Waals surface area contributed by atoms with E-state index < -0.39 is 0 Å². The highest BCUT2D eigenvalue weighted by Gasteiger charge is 2.29. The number of aliphatic imine (C=N–C) groups is 1. The number of rotatable bonds is 5. The lowest BCUT2D eigenvalue weighted by molar-refractivity contribution is -0.111. The minimum Gasteiger partial charge on any atom is -0.334 e. The number of amides is 1. The monoisotopic (exact) mass is 224 g/mol. The standard InChI is InChI=1S/C13H24N2O/c1-3-12(4-2)15-13(14-11-16)9-7-5-6-8-10-13/h11H,3-10H2,1-2H3,(H,14,16). The summed E-state index contributed by atoms with van der Waals surface area (Å²) in [5, 5.41) is 2.97. The zero-order chi connectivity index (χ0) is 11.9. The smallest absolute Gasteiger partial charge is 0.208 e. The van der Waals surface area contributed by atoms with Gasteiger partial charge in [-0.15, -0.1) is 0 Å². The molecule has 0 unspecified atom stereocenters. The second-order valence-electron chi connectivity index (χ2n) is 4.59. The summed E-state index contributed by atoms with van der Waals surface area (Å²) in [6.45, 7) is 4.27. The molecule has 1 saturated carbocycles. The van der Waals surface area contributed by atoms with Crippen molar-refractivity contribution in [3.05, 3.63) is 0 Å². The van der Waals surface area contributed by atoms with Crippen molar-refractivity contribution in [2.45, 2.75) is 70.9 Å². The first-order valence-corrected chi connectivity index (χ1v) is 6.55. The summed E-state index contributed by atoms with van der Waals surface area (Å²) < 4.78 is 0. The van der Waals surface area contributed by atoms with E-state index in [1.807, 2.05) is 0 Å². The fourth-order valence-electron chi connectivity index (χ4n) is 2.42. The molecule has 0 aromatic rings. The maximum atomic E-state index is 10.8. The van der Waals surface area contributed by atoms with Gasteiger partial charge in [0.2, 0.25) is 6.41 Å². The van der Waals surface area contributed by atoms with E-state index in [9.17, 15) is 4.79 Å². The Morgan fingerprint density at radius 2 is 1.75 bits per heavy atom. The summed E-state index contributed by atoms with van der Waals surface area (Å²) in [4.78, 5) is 15.6. The molecule has 1 amide bonds. The van der Waals surface area contributed by atoms with Gasteiger partial charge >= 0.3 is 0 Å². The van der Waals surface area contributed by atoms with Crippen molar-refractivity contribution < 1.29 is 4.79 Å². The maximum Gasteiger partial charge on any atom is 0.208 e. The van der Waals surface area contributed by atoms with Gasteiger partial charge in [0.25, 0.3) is 0 Å². The lowest BCUT2D eigenvalue weighted by Gasteiger charge is -2.29. The van der Waals surface area contributed by atoms with Crippen LogP contribution in [0.2, 0.25) is 0 Å². The van der Waals surface area contributed by atoms with Gasteiger partial charge in [-0.25, -0.2) is 0 Å². The molecular weight excluding hydrogens is 200 g/mol. The highest BCUT2D eigenvalue weighted by molar-refractivity contribution is 5.84. The zero-order valence-electron chi connectivity index (χ0n) is 10.6. The van der Waals surface area contributed by atoms with E-state index in [4.69, 9.17) is 4.99 Å². The molecule has 1 aliphatic carbocycles. The van der Waals surface area contributed by atoms with E-state index in [1.165, 1.54) is 31.4 Å². The van der Waals surface area contributed by atoms with Crippen molar-refractivity contribution in [2.24, 2.45) is 4.99 Å². The van der Waals surface area contributed by atoms with Gasteiger partial charge in [0.05, 0.1) is 0 Å². The molecule has 1 aliphatic rings. The van der Waals surface area contributed by atoms with E-state index in [0.717, 1.165) is 32.1 Å². The Labute approximate surface area is 98.7 Å². The minimum absolute atomic E-state index is 0.292. The SMILES string of the molecule is CCC(CC)=NC1(NC=O)CCCCCC1. The number of nitrogens with zero attached hydrogens (tertiary/aromatic N) is 1. The second-order valence-corrected chi connectivity index (χ2v) is 4.59. The average molecular weight is 224 g/mol. The van der Waals surface area contributed by atoms with Crippen LogP contribution in [0, 0.1) is 0 Å². The summed E-state index contributed by atoms with van der Waals surface area (Å²) in [5.41, 5.74) is 0.927. The van der Waals surface area contributed by atoms with Gasteiger partial charge in [0.1, 0.15) is 5.66 Å². The van der Waals surface area contributed by atoms with Crippen molar-refractivity contribution in [1.29, 1.82) is 0 Å². The predicted octanol–water partition coefficient (Wildman–Crippen LogP) is 3.04. The molecule has 0 aromatic carbocycles. The molecule has 0 spiro atoms. The highest BCUT2D eigenvalue weighted by Crippen LogP contribution is 2.28. The third-order valence-corrected chi connectivity index (χ3v) is 3.45. The van der Waals surface area contributed by atoms with Gasteiger partial charge in [0.15, 0.2) is 0 Å². The summed E-state index contributed by atoms with van der Waals surface area (Å²) >= 11 is 0. The largest absolute Gasteiger partial charge is 0.334 e. The van der Waals surface area contributed by atoms with Gasteiger partial charge in [-0.05, 0) is 38.5 Å². The van der Waals surface area contributed by atoms with E-state index in [0.29, 0.717) is 0 Å². The van der Waals surface area contributed by atoms with Gasteiger partial charge in [-0.2, -0.15) is 0 Å². The number of carbonyl (C=O) groups excluding carboxylic acids is 1. The zero-order valence-corrected chi connectivity index (χ0v) is 10.6. The van der Waals surface area contributed by atoms with Crippen LogP contribution in [-0.2, 0) is 4.79 Å². The fraction of sp³-hybridized carbons (Fsp3) is 0.846. The molecule has 16 heavy (non-hydrogen) atoms. The molecule has 0 radical (unpaired) electrons. The summed E-state index contributed by atoms with van der Waals surface area (Å²) in [7, 11) is 0. The van der Waals surface area contributed by atoms with Crippen LogP contribution >= 0.6 is 0 Å². The normalized spacial score (nSPS) is 19.6. The van der Waals surface area contributed by atoms with Gasteiger partial charge in [-0.3, -0.25) is 9.79 Å². The first-order valence-electron chi connectivity index (χ1n) is 6.55. The van der Waals surface area contributed by atoms with Crippen LogP contribution in [0.3, 0.4) is 0 Å². The first-order chi connectivity index (χ1) is 7.76. The third kappa shape index (κ3) is 3.62. The molecule has 1 fully saturated rings. The summed E-state index contributed by atoms with van der Waals surface area (Å²) in [6.07, 6.45) is 9.66. The number of nitrogens with one attached hydrogen (secondary N) is 1. The van der Waals surface area contributed by atoms with Crippen molar-refractivity contribution in [3.63, 3.8) is 0 Å². The Bertz CT molecular complexity index is 234. The van der Waals surface area contributed by atoms with Crippen LogP contribution in [0.4, 0.5) is 0 Å².